The molecule has 2 aromatic rings. The Morgan fingerprint density at radius 2 is 1.75 bits per heavy atom. The monoisotopic (exact) mass is 326 g/mol. The summed E-state index contributed by atoms with van der Waals surface area (Å²) in [4.78, 5) is 24.5. The van der Waals surface area contributed by atoms with Crippen LogP contribution in [0.4, 0.5) is 5.69 Å². The number of esters is 1. The minimum atomic E-state index is -0.711. The summed E-state index contributed by atoms with van der Waals surface area (Å²) in [6.45, 7) is 2.01. The zero-order valence-corrected chi connectivity index (χ0v) is 13.7. The fourth-order valence-electron chi connectivity index (χ4n) is 2.39. The number of carbonyl (C=O) groups excluding carboxylic acids is 2. The van der Waals surface area contributed by atoms with Crippen molar-refractivity contribution in [2.24, 2.45) is 0 Å². The largest absolute Gasteiger partial charge is 0.464 e. The molecule has 2 aromatic carbocycles. The number of ether oxygens (including phenoxy) is 1. The lowest BCUT2D eigenvalue weighted by atomic mass is 10.0. The maximum absolute atomic E-state index is 12.4. The molecule has 0 aliphatic rings. The van der Waals surface area contributed by atoms with Gasteiger partial charge in [0.1, 0.15) is 6.04 Å². The smallest absolute Gasteiger partial charge is 0.328 e. The topological polar surface area (TPSA) is 81.4 Å². The van der Waals surface area contributed by atoms with E-state index < -0.39 is 12.0 Å². The van der Waals surface area contributed by atoms with Crippen LogP contribution in [-0.4, -0.2) is 24.5 Å². The van der Waals surface area contributed by atoms with Crippen molar-refractivity contribution in [1.29, 1.82) is 0 Å². The third-order valence-electron chi connectivity index (χ3n) is 3.65. The van der Waals surface area contributed by atoms with Crippen molar-refractivity contribution in [1.82, 2.24) is 5.32 Å². The van der Waals surface area contributed by atoms with Crippen molar-refractivity contribution in [2.75, 3.05) is 12.3 Å². The van der Waals surface area contributed by atoms with Crippen LogP contribution in [0.2, 0.25) is 0 Å². The van der Waals surface area contributed by atoms with Crippen molar-refractivity contribution in [3.8, 4) is 0 Å². The van der Waals surface area contributed by atoms with Gasteiger partial charge in [-0.3, -0.25) is 4.79 Å². The molecule has 5 nitrogen and oxygen atoms in total. The second-order valence-corrected chi connectivity index (χ2v) is 5.39. The number of benzene rings is 2. The third kappa shape index (κ3) is 4.84. The van der Waals surface area contributed by atoms with Gasteiger partial charge in [0.05, 0.1) is 12.2 Å². The van der Waals surface area contributed by atoms with Crippen LogP contribution in [0.3, 0.4) is 0 Å². The van der Waals surface area contributed by atoms with E-state index in [1.165, 1.54) is 0 Å². The number of hydrogen-bond acceptors (Lipinski definition) is 4. The van der Waals surface area contributed by atoms with Gasteiger partial charge in [0.2, 0.25) is 0 Å². The quantitative estimate of drug-likeness (QED) is 0.605. The van der Waals surface area contributed by atoms with Crippen LogP contribution in [0.15, 0.2) is 54.6 Å². The van der Waals surface area contributed by atoms with Gasteiger partial charge in [0.25, 0.3) is 5.91 Å². The van der Waals surface area contributed by atoms with Crippen LogP contribution >= 0.6 is 0 Å². The standard InChI is InChI=1S/C19H22N2O3/c1-2-24-19(23)17(13-12-14-8-4-3-5-9-14)21-18(22)15-10-6-7-11-16(15)20/h3-11,17H,2,12-13,20H2,1H3,(H,21,22)/t17-/m0/s1. The van der Waals surface area contributed by atoms with Crippen LogP contribution in [-0.2, 0) is 16.0 Å². The molecule has 2 rings (SSSR count). The lowest BCUT2D eigenvalue weighted by Gasteiger charge is -2.18. The SMILES string of the molecule is CCOC(=O)[C@H](CCc1ccccc1)NC(=O)c1ccccc1N. The fourth-order valence-corrected chi connectivity index (χ4v) is 2.39. The lowest BCUT2D eigenvalue weighted by molar-refractivity contribution is -0.145. The summed E-state index contributed by atoms with van der Waals surface area (Å²) < 4.78 is 5.07. The Hall–Kier alpha value is -2.82. The molecule has 0 saturated carbocycles. The summed E-state index contributed by atoms with van der Waals surface area (Å²) in [5.41, 5.74) is 7.65. The molecule has 0 spiro atoms. The van der Waals surface area contributed by atoms with Gasteiger partial charge < -0.3 is 15.8 Å². The molecule has 0 aliphatic carbocycles. The zero-order valence-electron chi connectivity index (χ0n) is 13.7. The summed E-state index contributed by atoms with van der Waals surface area (Å²) in [5, 5.41) is 2.74. The highest BCUT2D eigenvalue weighted by Gasteiger charge is 2.23. The maximum atomic E-state index is 12.4. The van der Waals surface area contributed by atoms with E-state index in [2.05, 4.69) is 5.32 Å². The van der Waals surface area contributed by atoms with E-state index in [9.17, 15) is 9.59 Å². The number of hydrogen-bond donors (Lipinski definition) is 2. The average Bonchev–Trinajstić information content (AvgIpc) is 2.60. The van der Waals surface area contributed by atoms with Crippen LogP contribution in [0.1, 0.15) is 29.3 Å². The molecule has 0 bridgehead atoms. The van der Waals surface area contributed by atoms with E-state index >= 15 is 0 Å². The van der Waals surface area contributed by atoms with E-state index in [0.29, 0.717) is 24.1 Å². The highest BCUT2D eigenvalue weighted by Crippen LogP contribution is 2.12. The first-order valence-electron chi connectivity index (χ1n) is 7.97. The molecule has 0 unspecified atom stereocenters. The molecule has 0 saturated heterocycles. The highest BCUT2D eigenvalue weighted by molar-refractivity contribution is 6.00. The fraction of sp³-hybridized carbons (Fsp3) is 0.263. The Labute approximate surface area is 141 Å². The summed E-state index contributed by atoms with van der Waals surface area (Å²) in [6.07, 6.45) is 1.12. The average molecular weight is 326 g/mol. The Balaban J connectivity index is 2.07. The Morgan fingerprint density at radius 1 is 1.08 bits per heavy atom. The predicted molar refractivity (Wildman–Crippen MR) is 93.5 cm³/mol. The molecular weight excluding hydrogens is 304 g/mol. The van der Waals surface area contributed by atoms with Crippen LogP contribution in [0.25, 0.3) is 0 Å². The van der Waals surface area contributed by atoms with Crippen LogP contribution in [0.5, 0.6) is 0 Å². The third-order valence-corrected chi connectivity index (χ3v) is 3.65. The van der Waals surface area contributed by atoms with Gasteiger partial charge in [-0.15, -0.1) is 0 Å². The molecule has 1 atom stereocenters. The highest BCUT2D eigenvalue weighted by atomic mass is 16.5. The number of aryl methyl sites for hydroxylation is 1. The Morgan fingerprint density at radius 3 is 2.42 bits per heavy atom. The Kier molecular flexibility index (Phi) is 6.37. The van der Waals surface area contributed by atoms with Gasteiger partial charge >= 0.3 is 5.97 Å². The molecule has 126 valence electrons. The van der Waals surface area contributed by atoms with Crippen molar-refractivity contribution < 1.29 is 14.3 Å². The second kappa shape index (κ2) is 8.72. The summed E-state index contributed by atoms with van der Waals surface area (Å²) in [6, 6.07) is 15.8. The number of nitrogen functional groups attached to an aromatic ring is 1. The molecule has 0 radical (unpaired) electrons. The van der Waals surface area contributed by atoms with Gasteiger partial charge in [-0.05, 0) is 37.5 Å². The molecule has 0 heterocycles. The minimum absolute atomic E-state index is 0.268. The number of anilines is 1. The van der Waals surface area contributed by atoms with Gasteiger partial charge in [-0.25, -0.2) is 4.79 Å². The Bertz CT molecular complexity index is 686. The summed E-state index contributed by atoms with van der Waals surface area (Å²) >= 11 is 0. The molecule has 5 heteroatoms. The van der Waals surface area contributed by atoms with Crippen LogP contribution in [0, 0.1) is 0 Å². The molecule has 1 amide bonds. The predicted octanol–water partition coefficient (Wildman–Crippen LogP) is 2.56. The molecule has 0 aliphatic heterocycles. The number of para-hydroxylation sites is 1. The maximum Gasteiger partial charge on any atom is 0.328 e. The molecule has 0 fully saturated rings. The number of nitrogens with two attached hydrogens (primary N) is 1. The number of amides is 1. The first-order chi connectivity index (χ1) is 11.6. The minimum Gasteiger partial charge on any atom is -0.464 e. The van der Waals surface area contributed by atoms with Crippen molar-refractivity contribution in [3.05, 3.63) is 65.7 Å². The first-order valence-corrected chi connectivity index (χ1v) is 7.97. The zero-order chi connectivity index (χ0) is 17.4. The molecular formula is C19H22N2O3. The molecule has 0 aromatic heterocycles. The van der Waals surface area contributed by atoms with Crippen molar-refractivity contribution >= 4 is 17.6 Å². The summed E-state index contributed by atoms with van der Waals surface area (Å²) in [5.74, 6) is -0.810. The van der Waals surface area contributed by atoms with E-state index in [4.69, 9.17) is 10.5 Å². The van der Waals surface area contributed by atoms with Crippen molar-refractivity contribution in [3.63, 3.8) is 0 Å². The van der Waals surface area contributed by atoms with E-state index in [-0.39, 0.29) is 12.5 Å². The lowest BCUT2D eigenvalue weighted by Crippen LogP contribution is -2.42. The van der Waals surface area contributed by atoms with Gasteiger partial charge in [-0.2, -0.15) is 0 Å². The van der Waals surface area contributed by atoms with E-state index in [0.717, 1.165) is 5.56 Å². The number of rotatable bonds is 7. The molecule has 24 heavy (non-hydrogen) atoms. The second-order valence-electron chi connectivity index (χ2n) is 5.39. The number of carbonyl (C=O) groups is 2. The van der Waals surface area contributed by atoms with Gasteiger partial charge in [-0.1, -0.05) is 42.5 Å². The van der Waals surface area contributed by atoms with Gasteiger partial charge in [0.15, 0.2) is 0 Å². The normalized spacial score (nSPS) is 11.5. The first kappa shape index (κ1) is 17.5. The van der Waals surface area contributed by atoms with Crippen molar-refractivity contribution in [2.45, 2.75) is 25.8 Å². The summed E-state index contributed by atoms with van der Waals surface area (Å²) in [7, 11) is 0. The van der Waals surface area contributed by atoms with E-state index in [1.807, 2.05) is 30.3 Å². The van der Waals surface area contributed by atoms with Crippen LogP contribution < -0.4 is 11.1 Å². The van der Waals surface area contributed by atoms with Gasteiger partial charge in [0, 0.05) is 5.69 Å². The van der Waals surface area contributed by atoms with E-state index in [1.54, 1.807) is 31.2 Å². The molecule has 3 N–H and O–H groups in total. The number of nitrogens with one attached hydrogen (secondary N) is 1.